The number of ketones is 4. The maximum absolute atomic E-state index is 9.88. The van der Waals surface area contributed by atoms with Gasteiger partial charge in [0, 0.05) is 44.6 Å². The molecule has 0 aliphatic rings. The topological polar surface area (TPSA) is 85.6 Å². The van der Waals surface area contributed by atoms with Crippen molar-refractivity contribution in [3.05, 3.63) is 154 Å². The van der Waals surface area contributed by atoms with Crippen LogP contribution in [0.2, 0.25) is 10.0 Å². The van der Waals surface area contributed by atoms with Gasteiger partial charge in [0.15, 0.2) is 0 Å². The second-order valence-corrected chi connectivity index (χ2v) is 8.45. The second kappa shape index (κ2) is 15.0. The summed E-state index contributed by atoms with van der Waals surface area (Å²) in [6.45, 7) is 0. The largest absolute Gasteiger partial charge is 0.300 e. The summed E-state index contributed by atoms with van der Waals surface area (Å²) in [7, 11) is 0. The summed E-state index contributed by atoms with van der Waals surface area (Å²) in [5, 5.41) is 1.20. The third kappa shape index (κ3) is 9.53. The van der Waals surface area contributed by atoms with Crippen molar-refractivity contribution in [3.8, 4) is 0 Å². The zero-order valence-corrected chi connectivity index (χ0v) is 22.7. The number of benzene rings is 4. The molecule has 4 N–H and O–H groups in total. The summed E-state index contributed by atoms with van der Waals surface area (Å²) in [4.78, 5) is 39.5. The van der Waals surface area contributed by atoms with Crippen molar-refractivity contribution in [2.24, 2.45) is 0 Å². The monoisotopic (exact) mass is 566 g/mol. The Morgan fingerprint density at radius 3 is 0.919 bits per heavy atom. The van der Waals surface area contributed by atoms with E-state index in [0.29, 0.717) is 32.3 Å². The van der Waals surface area contributed by atoms with Crippen molar-refractivity contribution in [1.82, 2.24) is 0 Å². The van der Waals surface area contributed by atoms with Crippen LogP contribution in [0.5, 0.6) is 0 Å². The van der Waals surface area contributed by atoms with Gasteiger partial charge in [-0.2, -0.15) is 0 Å². The Bertz CT molecular complexity index is 1230. The molecule has 4 rings (SSSR count). The fourth-order valence-corrected chi connectivity index (χ4v) is 3.30. The van der Waals surface area contributed by atoms with Crippen molar-refractivity contribution < 1.29 is 40.9 Å². The van der Waals surface area contributed by atoms with Crippen LogP contribution in [-0.4, -0.2) is 42.3 Å². The molecule has 0 aliphatic carbocycles. The van der Waals surface area contributed by atoms with Gasteiger partial charge >= 0.3 is 0 Å². The SMILES string of the molecule is [OH+]=C([CH-]C(=[OH+])c1ccc(Cl)cc1)c1ccccc1.[OH+]=C([CH-]C(=[OH+])c1ccc(Cl)cc1)c1ccccc1.[Ti]. The van der Waals surface area contributed by atoms with E-state index in [-0.39, 0.29) is 44.9 Å². The molecule has 7 heteroatoms. The van der Waals surface area contributed by atoms with Crippen molar-refractivity contribution in [1.29, 1.82) is 0 Å². The molecule has 0 amide bonds. The maximum atomic E-state index is 9.88. The van der Waals surface area contributed by atoms with Crippen molar-refractivity contribution >= 4 is 46.3 Å². The van der Waals surface area contributed by atoms with E-state index in [0.717, 1.165) is 0 Å². The Morgan fingerprint density at radius 2 is 0.649 bits per heavy atom. The van der Waals surface area contributed by atoms with E-state index in [1.54, 1.807) is 72.8 Å². The Hall–Kier alpha value is -3.41. The molecule has 0 aliphatic heterocycles. The van der Waals surface area contributed by atoms with Crippen LogP contribution >= 0.6 is 23.2 Å². The first-order valence-electron chi connectivity index (χ1n) is 10.9. The van der Waals surface area contributed by atoms with Gasteiger partial charge in [0.2, 0.25) is 0 Å². The van der Waals surface area contributed by atoms with Crippen LogP contribution in [0.1, 0.15) is 22.3 Å². The fourth-order valence-electron chi connectivity index (χ4n) is 3.05. The van der Waals surface area contributed by atoms with E-state index in [1.165, 1.54) is 12.8 Å². The Labute approximate surface area is 240 Å². The molecular formula is C30H24Cl2O4Ti+2. The maximum Gasteiger partial charge on any atom is 0.255 e. The van der Waals surface area contributed by atoms with Gasteiger partial charge < -0.3 is 19.2 Å². The average molecular weight is 567 g/mol. The molecule has 4 aromatic carbocycles. The molecule has 0 aromatic heterocycles. The van der Waals surface area contributed by atoms with Crippen molar-refractivity contribution in [2.75, 3.05) is 0 Å². The first-order chi connectivity index (χ1) is 17.3. The van der Waals surface area contributed by atoms with Crippen LogP contribution in [0.15, 0.2) is 109 Å². The first-order valence-corrected chi connectivity index (χ1v) is 11.6. The van der Waals surface area contributed by atoms with Gasteiger partial charge in [-0.05, 0) is 22.3 Å². The van der Waals surface area contributed by atoms with Gasteiger partial charge in [0.1, 0.15) is 0 Å². The van der Waals surface area contributed by atoms with E-state index in [9.17, 15) is 19.2 Å². The van der Waals surface area contributed by atoms with Gasteiger partial charge in [-0.1, -0.05) is 108 Å². The molecule has 0 saturated carbocycles. The van der Waals surface area contributed by atoms with Gasteiger partial charge in [-0.25, -0.2) is 0 Å². The normalized spacial score (nSPS) is 9.57. The molecule has 0 unspecified atom stereocenters. The molecule has 184 valence electrons. The van der Waals surface area contributed by atoms with Crippen LogP contribution in [0.3, 0.4) is 0 Å². The Kier molecular flexibility index (Phi) is 12.1. The predicted molar refractivity (Wildman–Crippen MR) is 149 cm³/mol. The number of hydrogen-bond acceptors (Lipinski definition) is 0. The molecule has 37 heavy (non-hydrogen) atoms. The molecule has 0 spiro atoms. The number of hydrogen-bond donors (Lipinski definition) is 0. The summed E-state index contributed by atoms with van der Waals surface area (Å²) >= 11 is 11.5. The molecule has 4 nitrogen and oxygen atoms in total. The molecule has 0 heterocycles. The minimum Gasteiger partial charge on any atom is -0.300 e. The van der Waals surface area contributed by atoms with Gasteiger partial charge in [-0.15, -0.1) is 24.3 Å². The zero-order chi connectivity index (χ0) is 25.9. The molecule has 0 atom stereocenters. The van der Waals surface area contributed by atoms with Crippen LogP contribution in [0.25, 0.3) is 0 Å². The van der Waals surface area contributed by atoms with Crippen molar-refractivity contribution in [2.45, 2.75) is 0 Å². The van der Waals surface area contributed by atoms with Crippen molar-refractivity contribution in [3.63, 3.8) is 0 Å². The summed E-state index contributed by atoms with van der Waals surface area (Å²) in [5.41, 5.74) is 2.50. The Balaban J connectivity index is 0.000000253. The summed E-state index contributed by atoms with van der Waals surface area (Å²) in [5.74, 6) is 0.0205. The molecule has 0 saturated heterocycles. The van der Waals surface area contributed by atoms with Crippen LogP contribution < -0.4 is 0 Å². The molecular weight excluding hydrogens is 543 g/mol. The van der Waals surface area contributed by atoms with Gasteiger partial charge in [-0.3, -0.25) is 0 Å². The minimum atomic E-state index is -0.00646. The quantitative estimate of drug-likeness (QED) is 0.0816. The average Bonchev–Trinajstić information content (AvgIpc) is 2.90. The Morgan fingerprint density at radius 1 is 0.405 bits per heavy atom. The van der Waals surface area contributed by atoms with E-state index in [4.69, 9.17) is 23.2 Å². The standard InChI is InChI=1S/2C15H10ClO2.Ti/c2*16-13-8-6-12(7-9-13)15(18)10-14(17)11-4-2-1-3-5-11;/h2*1-10H;/q2*-1;/p+4. The van der Waals surface area contributed by atoms with E-state index >= 15 is 0 Å². The van der Waals surface area contributed by atoms with Crippen LogP contribution in [-0.2, 0) is 21.7 Å². The molecule has 4 aromatic rings. The number of halogens is 2. The second-order valence-electron chi connectivity index (χ2n) is 7.58. The third-order valence-corrected chi connectivity index (χ3v) is 5.47. The minimum absolute atomic E-state index is 0. The summed E-state index contributed by atoms with van der Waals surface area (Å²) in [6, 6.07) is 31.5. The molecule has 0 bridgehead atoms. The van der Waals surface area contributed by atoms with Gasteiger partial charge in [0.25, 0.3) is 23.1 Å². The summed E-state index contributed by atoms with van der Waals surface area (Å²) in [6.07, 6.45) is 2.64. The molecule has 0 radical (unpaired) electrons. The first kappa shape index (κ1) is 29.8. The van der Waals surface area contributed by atoms with Crippen LogP contribution in [0.4, 0.5) is 0 Å². The third-order valence-electron chi connectivity index (χ3n) is 4.97. The number of rotatable bonds is 8. The van der Waals surface area contributed by atoms with Crippen LogP contribution in [0, 0.1) is 12.8 Å². The fraction of sp³-hybridized carbons (Fsp3) is 0. The predicted octanol–water partition coefficient (Wildman–Crippen LogP) is 6.06. The molecule has 0 fully saturated rings. The van der Waals surface area contributed by atoms with Gasteiger partial charge in [0.05, 0.1) is 0 Å². The van der Waals surface area contributed by atoms with E-state index in [1.807, 2.05) is 36.4 Å². The zero-order valence-electron chi connectivity index (χ0n) is 19.6. The van der Waals surface area contributed by atoms with E-state index < -0.39 is 0 Å². The van der Waals surface area contributed by atoms with E-state index in [2.05, 4.69) is 0 Å². The smallest absolute Gasteiger partial charge is 0.255 e. The summed E-state index contributed by atoms with van der Waals surface area (Å²) < 4.78 is 0. The number of carbonyl (C=O) groups excluding carboxylic acids is 4.